The fourth-order valence-electron chi connectivity index (χ4n) is 2.37. The van der Waals surface area contributed by atoms with E-state index in [1.165, 1.54) is 0 Å². The highest BCUT2D eigenvalue weighted by Gasteiger charge is 2.22. The summed E-state index contributed by atoms with van der Waals surface area (Å²) in [5.41, 5.74) is 0.422. The summed E-state index contributed by atoms with van der Waals surface area (Å²) in [4.78, 5) is 6.90. The van der Waals surface area contributed by atoms with Gasteiger partial charge in [-0.2, -0.15) is 0 Å². The van der Waals surface area contributed by atoms with Crippen LogP contribution in [-0.2, 0) is 11.3 Å². The molecule has 1 aromatic rings. The van der Waals surface area contributed by atoms with E-state index in [0.717, 1.165) is 43.2 Å². The summed E-state index contributed by atoms with van der Waals surface area (Å²) in [6.45, 7) is 9.03. The second kappa shape index (κ2) is 6.31. The van der Waals surface area contributed by atoms with E-state index in [1.807, 2.05) is 13.8 Å². The third-order valence-electron chi connectivity index (χ3n) is 3.22. The average Bonchev–Trinajstić information content (AvgIpc) is 2.95. The van der Waals surface area contributed by atoms with Crippen molar-refractivity contribution in [3.05, 3.63) is 16.1 Å². The van der Waals surface area contributed by atoms with Crippen molar-refractivity contribution in [3.8, 4) is 0 Å². The maximum absolute atomic E-state index is 9.90. The number of hydrogen-bond acceptors (Lipinski definition) is 5. The molecule has 0 aromatic carbocycles. The van der Waals surface area contributed by atoms with Crippen LogP contribution in [0.25, 0.3) is 0 Å². The molecule has 108 valence electrons. The van der Waals surface area contributed by atoms with Crippen molar-refractivity contribution in [3.63, 3.8) is 0 Å². The minimum Gasteiger partial charge on any atom is -0.389 e. The Hall–Kier alpha value is -0.490. The van der Waals surface area contributed by atoms with Crippen LogP contribution in [0, 0.1) is 0 Å². The van der Waals surface area contributed by atoms with E-state index in [0.29, 0.717) is 6.54 Å². The molecule has 1 aromatic heterocycles. The van der Waals surface area contributed by atoms with Crippen molar-refractivity contribution in [2.75, 3.05) is 19.7 Å². The molecule has 1 atom stereocenters. The van der Waals surface area contributed by atoms with Crippen molar-refractivity contribution in [1.82, 2.24) is 9.88 Å². The summed E-state index contributed by atoms with van der Waals surface area (Å²) in [5.74, 6) is 0. The van der Waals surface area contributed by atoms with Gasteiger partial charge in [-0.05, 0) is 33.2 Å². The Morgan fingerprint density at radius 1 is 1.58 bits per heavy atom. The number of nitrogens with zero attached hydrogens (tertiary/aromatic N) is 2. The quantitative estimate of drug-likeness (QED) is 0.872. The standard InChI is InChI=1S/C14H24N2O2S/c1-4-16(10-14(2,3)17)8-11-9-19-13(15-11)12-6-5-7-18-12/h9,12,17H,4-8,10H2,1-3H3. The van der Waals surface area contributed by atoms with Gasteiger partial charge in [-0.15, -0.1) is 11.3 Å². The summed E-state index contributed by atoms with van der Waals surface area (Å²) >= 11 is 1.69. The predicted octanol–water partition coefficient (Wildman–Crippen LogP) is 2.59. The van der Waals surface area contributed by atoms with Gasteiger partial charge in [0.25, 0.3) is 0 Å². The molecule has 0 saturated carbocycles. The molecule has 1 saturated heterocycles. The van der Waals surface area contributed by atoms with Gasteiger partial charge < -0.3 is 9.84 Å². The molecular weight excluding hydrogens is 260 g/mol. The normalized spacial score (nSPS) is 20.4. The van der Waals surface area contributed by atoms with Crippen molar-refractivity contribution >= 4 is 11.3 Å². The van der Waals surface area contributed by atoms with Gasteiger partial charge in [0.05, 0.1) is 11.3 Å². The maximum Gasteiger partial charge on any atom is 0.122 e. The van der Waals surface area contributed by atoms with E-state index >= 15 is 0 Å². The third kappa shape index (κ3) is 4.53. The van der Waals surface area contributed by atoms with Crippen LogP contribution in [-0.4, -0.2) is 40.3 Å². The maximum atomic E-state index is 9.90. The highest BCUT2D eigenvalue weighted by atomic mass is 32.1. The fraction of sp³-hybridized carbons (Fsp3) is 0.786. The van der Waals surface area contributed by atoms with Crippen molar-refractivity contribution in [2.45, 2.75) is 51.9 Å². The Bertz CT molecular complexity index is 394. The fourth-order valence-corrected chi connectivity index (χ4v) is 3.26. The lowest BCUT2D eigenvalue weighted by atomic mass is 10.1. The van der Waals surface area contributed by atoms with E-state index in [1.54, 1.807) is 11.3 Å². The average molecular weight is 284 g/mol. The van der Waals surface area contributed by atoms with Gasteiger partial charge in [0.2, 0.25) is 0 Å². The van der Waals surface area contributed by atoms with Crippen LogP contribution in [0.15, 0.2) is 5.38 Å². The minimum absolute atomic E-state index is 0.211. The van der Waals surface area contributed by atoms with E-state index in [9.17, 15) is 5.11 Å². The van der Waals surface area contributed by atoms with Crippen LogP contribution in [0.5, 0.6) is 0 Å². The van der Waals surface area contributed by atoms with Gasteiger partial charge in [0, 0.05) is 25.1 Å². The summed E-state index contributed by atoms with van der Waals surface area (Å²) in [7, 11) is 0. The molecule has 19 heavy (non-hydrogen) atoms. The molecule has 0 spiro atoms. The number of aliphatic hydroxyl groups is 1. The van der Waals surface area contributed by atoms with Crippen LogP contribution in [0.1, 0.15) is 50.4 Å². The Balaban J connectivity index is 1.94. The van der Waals surface area contributed by atoms with Crippen molar-refractivity contribution in [2.24, 2.45) is 0 Å². The van der Waals surface area contributed by atoms with E-state index in [-0.39, 0.29) is 6.10 Å². The van der Waals surface area contributed by atoms with Crippen LogP contribution in [0.2, 0.25) is 0 Å². The van der Waals surface area contributed by atoms with Gasteiger partial charge >= 0.3 is 0 Å². The SMILES string of the molecule is CCN(Cc1csc(C2CCCO2)n1)CC(C)(C)O. The summed E-state index contributed by atoms with van der Waals surface area (Å²) < 4.78 is 5.66. The van der Waals surface area contributed by atoms with Gasteiger partial charge in [-0.1, -0.05) is 6.92 Å². The highest BCUT2D eigenvalue weighted by molar-refractivity contribution is 7.09. The molecule has 1 aliphatic heterocycles. The van der Waals surface area contributed by atoms with Gasteiger partial charge in [-0.3, -0.25) is 4.90 Å². The zero-order valence-electron chi connectivity index (χ0n) is 12.1. The molecule has 2 heterocycles. The molecule has 1 N–H and O–H groups in total. The smallest absolute Gasteiger partial charge is 0.122 e. The Morgan fingerprint density at radius 2 is 2.37 bits per heavy atom. The van der Waals surface area contributed by atoms with Gasteiger partial charge in [-0.25, -0.2) is 4.98 Å². The second-order valence-electron chi connectivity index (χ2n) is 5.79. The summed E-state index contributed by atoms with van der Waals surface area (Å²) in [5, 5.41) is 13.1. The van der Waals surface area contributed by atoms with Crippen LogP contribution in [0.3, 0.4) is 0 Å². The topological polar surface area (TPSA) is 45.6 Å². The number of likely N-dealkylation sites (N-methyl/N-ethyl adjacent to an activating group) is 1. The van der Waals surface area contributed by atoms with E-state index in [4.69, 9.17) is 4.74 Å². The summed E-state index contributed by atoms with van der Waals surface area (Å²) in [6.07, 6.45) is 2.44. The van der Waals surface area contributed by atoms with Crippen molar-refractivity contribution < 1.29 is 9.84 Å². The zero-order valence-corrected chi connectivity index (χ0v) is 12.9. The van der Waals surface area contributed by atoms with Crippen LogP contribution >= 0.6 is 11.3 Å². The molecule has 5 heteroatoms. The van der Waals surface area contributed by atoms with Crippen LogP contribution < -0.4 is 0 Å². The number of hydrogen-bond donors (Lipinski definition) is 1. The Morgan fingerprint density at radius 3 is 2.95 bits per heavy atom. The lowest BCUT2D eigenvalue weighted by molar-refractivity contribution is 0.0349. The Labute approximate surface area is 119 Å². The monoisotopic (exact) mass is 284 g/mol. The van der Waals surface area contributed by atoms with Crippen molar-refractivity contribution in [1.29, 1.82) is 0 Å². The lowest BCUT2D eigenvalue weighted by Crippen LogP contribution is -2.38. The number of rotatable bonds is 6. The first-order valence-corrected chi connectivity index (χ1v) is 7.86. The van der Waals surface area contributed by atoms with E-state index < -0.39 is 5.60 Å². The summed E-state index contributed by atoms with van der Waals surface area (Å²) in [6, 6.07) is 0. The predicted molar refractivity (Wildman–Crippen MR) is 77.3 cm³/mol. The molecule has 0 radical (unpaired) electrons. The Kier molecular flexibility index (Phi) is 4.95. The second-order valence-corrected chi connectivity index (χ2v) is 6.68. The largest absolute Gasteiger partial charge is 0.389 e. The van der Waals surface area contributed by atoms with E-state index in [2.05, 4.69) is 22.2 Å². The number of aromatic nitrogens is 1. The molecule has 1 fully saturated rings. The first-order valence-electron chi connectivity index (χ1n) is 6.98. The van der Waals surface area contributed by atoms with Gasteiger partial charge in [0.1, 0.15) is 11.1 Å². The number of thiazole rings is 1. The molecule has 0 bridgehead atoms. The molecule has 4 nitrogen and oxygen atoms in total. The zero-order chi connectivity index (χ0) is 13.9. The van der Waals surface area contributed by atoms with Crippen LogP contribution in [0.4, 0.5) is 0 Å². The molecule has 1 aliphatic rings. The molecule has 1 unspecified atom stereocenters. The minimum atomic E-state index is -0.663. The third-order valence-corrected chi connectivity index (χ3v) is 4.20. The first kappa shape index (κ1) is 14.9. The first-order chi connectivity index (χ1) is 8.98. The number of ether oxygens (including phenoxy) is 1. The molecule has 0 aliphatic carbocycles. The molecule has 2 rings (SSSR count). The molecule has 0 amide bonds. The van der Waals surface area contributed by atoms with Gasteiger partial charge in [0.15, 0.2) is 0 Å². The lowest BCUT2D eigenvalue weighted by Gasteiger charge is -2.27. The highest BCUT2D eigenvalue weighted by Crippen LogP contribution is 2.30. The molecular formula is C14H24N2O2S.